The van der Waals surface area contributed by atoms with Crippen molar-refractivity contribution < 1.29 is 23.8 Å². The number of ether oxygens (including phenoxy) is 1. The number of rotatable bonds is 6. The summed E-state index contributed by atoms with van der Waals surface area (Å²) in [4.78, 5) is 28.3. The minimum Gasteiger partial charge on any atom is -0.394 e. The summed E-state index contributed by atoms with van der Waals surface area (Å²) in [6.45, 7) is -0.293. The highest BCUT2D eigenvalue weighted by Crippen LogP contribution is 2.23. The number of nitrogens with zero attached hydrogens (tertiary/aromatic N) is 1. The molecule has 1 aromatic heterocycles. The molecule has 27 heavy (non-hydrogen) atoms. The van der Waals surface area contributed by atoms with Crippen molar-refractivity contribution in [3.8, 4) is 0 Å². The summed E-state index contributed by atoms with van der Waals surface area (Å²) in [5, 5.41) is 17.4. The first-order valence-corrected chi connectivity index (χ1v) is 9.45. The number of benzene rings is 1. The van der Waals surface area contributed by atoms with E-state index in [-0.39, 0.29) is 30.6 Å². The fourth-order valence-corrected chi connectivity index (χ4v) is 3.54. The topological polar surface area (TPSA) is 101 Å². The Balaban J connectivity index is 1.53. The van der Waals surface area contributed by atoms with Crippen molar-refractivity contribution in [3.63, 3.8) is 0 Å². The van der Waals surface area contributed by atoms with Crippen molar-refractivity contribution in [3.05, 3.63) is 47.2 Å². The molecule has 2 heterocycles. The van der Waals surface area contributed by atoms with Crippen molar-refractivity contribution in [2.24, 2.45) is 0 Å². The number of carbonyl (C=O) groups excluding carboxylic acids is 2. The molecule has 1 aliphatic heterocycles. The molecule has 2 amide bonds. The third-order valence-electron chi connectivity index (χ3n) is 4.29. The number of aromatic nitrogens is 1. The van der Waals surface area contributed by atoms with Gasteiger partial charge in [0.2, 0.25) is 5.91 Å². The summed E-state index contributed by atoms with van der Waals surface area (Å²) in [7, 11) is 0. The number of aliphatic hydroxyl groups is 1. The van der Waals surface area contributed by atoms with Crippen molar-refractivity contribution >= 4 is 28.3 Å². The van der Waals surface area contributed by atoms with Gasteiger partial charge in [-0.15, -0.1) is 11.3 Å². The monoisotopic (exact) mass is 393 g/mol. The maximum atomic E-state index is 13.3. The Kier molecular flexibility index (Phi) is 6.49. The van der Waals surface area contributed by atoms with Gasteiger partial charge in [-0.05, 0) is 31.0 Å². The molecular formula is C18H20FN3O4S. The van der Waals surface area contributed by atoms with Gasteiger partial charge in [0.05, 0.1) is 25.2 Å². The number of thiazole rings is 1. The Labute approximate surface area is 159 Å². The van der Waals surface area contributed by atoms with Gasteiger partial charge in [-0.2, -0.15) is 0 Å². The molecule has 0 spiro atoms. The number of amides is 2. The van der Waals surface area contributed by atoms with E-state index in [1.807, 2.05) is 0 Å². The van der Waals surface area contributed by atoms with Crippen LogP contribution in [0.4, 0.5) is 9.52 Å². The quantitative estimate of drug-likeness (QED) is 0.697. The standard InChI is InChI=1S/C18H20FN3O4S/c19-12-3-1-2-11(8-12)17(25)21-14-5-4-13(26-15(14)10-23)9-16(24)22-18-20-6-7-27-18/h1-3,6-8,13-15,23H,4-5,9-10H2,(H,21,25)(H,20,22,24)/t13-,14-,15-/m0/s1. The highest BCUT2D eigenvalue weighted by Gasteiger charge is 2.33. The fraction of sp³-hybridized carbons (Fsp3) is 0.389. The van der Waals surface area contributed by atoms with E-state index >= 15 is 0 Å². The summed E-state index contributed by atoms with van der Waals surface area (Å²) < 4.78 is 19.1. The molecule has 1 aromatic carbocycles. The average Bonchev–Trinajstić information content (AvgIpc) is 3.15. The van der Waals surface area contributed by atoms with Gasteiger partial charge in [-0.3, -0.25) is 9.59 Å². The molecule has 0 radical (unpaired) electrons. The van der Waals surface area contributed by atoms with Crippen LogP contribution in [0.15, 0.2) is 35.8 Å². The van der Waals surface area contributed by atoms with Crippen LogP contribution in [0.5, 0.6) is 0 Å². The lowest BCUT2D eigenvalue weighted by molar-refractivity contribution is -0.126. The predicted octanol–water partition coefficient (Wildman–Crippen LogP) is 1.95. The van der Waals surface area contributed by atoms with Crippen LogP contribution in [-0.2, 0) is 9.53 Å². The summed E-state index contributed by atoms with van der Waals surface area (Å²) in [6.07, 6.45) is 1.85. The highest BCUT2D eigenvalue weighted by molar-refractivity contribution is 7.13. The van der Waals surface area contributed by atoms with Gasteiger partial charge in [-0.25, -0.2) is 9.37 Å². The molecule has 3 atom stereocenters. The minimum absolute atomic E-state index is 0.140. The van der Waals surface area contributed by atoms with Crippen LogP contribution in [0, 0.1) is 5.82 Å². The fourth-order valence-electron chi connectivity index (χ4n) is 2.99. The zero-order valence-corrected chi connectivity index (χ0v) is 15.2. The molecule has 1 fully saturated rings. The van der Waals surface area contributed by atoms with Crippen molar-refractivity contribution in [1.82, 2.24) is 10.3 Å². The number of halogens is 1. The molecule has 0 bridgehead atoms. The van der Waals surface area contributed by atoms with Gasteiger partial charge >= 0.3 is 0 Å². The largest absolute Gasteiger partial charge is 0.394 e. The van der Waals surface area contributed by atoms with E-state index in [1.54, 1.807) is 11.6 Å². The van der Waals surface area contributed by atoms with Crippen LogP contribution in [0.1, 0.15) is 29.6 Å². The number of hydrogen-bond acceptors (Lipinski definition) is 6. The molecule has 0 unspecified atom stereocenters. The molecule has 0 saturated carbocycles. The second-order valence-corrected chi connectivity index (χ2v) is 7.13. The second kappa shape index (κ2) is 9.03. The molecule has 2 aromatic rings. The Bertz CT molecular complexity index is 787. The zero-order valence-electron chi connectivity index (χ0n) is 14.4. The predicted molar refractivity (Wildman–Crippen MR) is 98.0 cm³/mol. The third kappa shape index (κ3) is 5.31. The lowest BCUT2D eigenvalue weighted by atomic mass is 9.96. The normalized spacial score (nSPS) is 22.2. The van der Waals surface area contributed by atoms with Crippen LogP contribution in [-0.4, -0.2) is 46.8 Å². The number of anilines is 1. The second-order valence-electron chi connectivity index (χ2n) is 6.24. The minimum atomic E-state index is -0.631. The van der Waals surface area contributed by atoms with E-state index in [9.17, 15) is 19.1 Å². The maximum absolute atomic E-state index is 13.3. The molecule has 3 N–H and O–H groups in total. The molecule has 9 heteroatoms. The average molecular weight is 393 g/mol. The number of nitrogens with one attached hydrogen (secondary N) is 2. The van der Waals surface area contributed by atoms with Crippen LogP contribution < -0.4 is 10.6 Å². The van der Waals surface area contributed by atoms with Gasteiger partial charge in [-0.1, -0.05) is 6.07 Å². The van der Waals surface area contributed by atoms with Gasteiger partial charge in [0.15, 0.2) is 5.13 Å². The van der Waals surface area contributed by atoms with Crippen LogP contribution in [0.3, 0.4) is 0 Å². The first-order valence-electron chi connectivity index (χ1n) is 8.57. The van der Waals surface area contributed by atoms with E-state index in [1.165, 1.54) is 29.5 Å². The van der Waals surface area contributed by atoms with Crippen LogP contribution in [0.2, 0.25) is 0 Å². The zero-order chi connectivity index (χ0) is 19.2. The smallest absolute Gasteiger partial charge is 0.251 e. The lowest BCUT2D eigenvalue weighted by Crippen LogP contribution is -2.51. The summed E-state index contributed by atoms with van der Waals surface area (Å²) in [6, 6.07) is 4.98. The number of hydrogen-bond donors (Lipinski definition) is 3. The van der Waals surface area contributed by atoms with Crippen molar-refractivity contribution in [2.45, 2.75) is 37.5 Å². The SMILES string of the molecule is O=C(C[C@@H]1CC[C@H](NC(=O)c2cccc(F)c2)[C@H](CO)O1)Nc1nccs1. The van der Waals surface area contributed by atoms with E-state index in [0.717, 1.165) is 6.07 Å². The van der Waals surface area contributed by atoms with E-state index in [0.29, 0.717) is 18.0 Å². The van der Waals surface area contributed by atoms with Crippen molar-refractivity contribution in [2.75, 3.05) is 11.9 Å². The van der Waals surface area contributed by atoms with Gasteiger partial charge in [0.25, 0.3) is 5.91 Å². The van der Waals surface area contributed by atoms with E-state index in [2.05, 4.69) is 15.6 Å². The molecule has 1 saturated heterocycles. The summed E-state index contributed by atoms with van der Waals surface area (Å²) in [5.41, 5.74) is 0.205. The molecule has 0 aliphatic carbocycles. The van der Waals surface area contributed by atoms with E-state index < -0.39 is 23.9 Å². The van der Waals surface area contributed by atoms with Crippen LogP contribution >= 0.6 is 11.3 Å². The first-order chi connectivity index (χ1) is 13.0. The Morgan fingerprint density at radius 2 is 2.22 bits per heavy atom. The highest BCUT2D eigenvalue weighted by atomic mass is 32.1. The molecule has 7 nitrogen and oxygen atoms in total. The first kappa shape index (κ1) is 19.4. The molecule has 1 aliphatic rings. The maximum Gasteiger partial charge on any atom is 0.251 e. The Morgan fingerprint density at radius 1 is 1.37 bits per heavy atom. The lowest BCUT2D eigenvalue weighted by Gasteiger charge is -2.36. The molecule has 144 valence electrons. The summed E-state index contributed by atoms with van der Waals surface area (Å²) in [5.74, 6) is -1.14. The molecular weight excluding hydrogens is 373 g/mol. The Morgan fingerprint density at radius 3 is 2.93 bits per heavy atom. The molecule has 3 rings (SSSR count). The summed E-state index contributed by atoms with van der Waals surface area (Å²) >= 11 is 1.33. The third-order valence-corrected chi connectivity index (χ3v) is 4.98. The van der Waals surface area contributed by atoms with Crippen LogP contribution in [0.25, 0.3) is 0 Å². The number of aliphatic hydroxyl groups excluding tert-OH is 1. The van der Waals surface area contributed by atoms with Crippen molar-refractivity contribution in [1.29, 1.82) is 0 Å². The Hall–Kier alpha value is -2.36. The number of carbonyl (C=O) groups is 2. The van der Waals surface area contributed by atoms with E-state index in [4.69, 9.17) is 4.74 Å². The van der Waals surface area contributed by atoms with Gasteiger partial charge < -0.3 is 20.5 Å². The van der Waals surface area contributed by atoms with Gasteiger partial charge in [0.1, 0.15) is 11.9 Å². The van der Waals surface area contributed by atoms with Gasteiger partial charge in [0, 0.05) is 17.1 Å².